The Bertz CT molecular complexity index is 794. The molecule has 1 aromatic carbocycles. The molecule has 0 aliphatic carbocycles. The fourth-order valence-corrected chi connectivity index (χ4v) is 6.08. The molecule has 1 N–H and O–H groups in total. The van der Waals surface area contributed by atoms with Crippen molar-refractivity contribution < 1.29 is 18.3 Å². The first-order valence-corrected chi connectivity index (χ1v) is 12.4. The molecule has 3 aliphatic heterocycles. The Labute approximate surface area is 173 Å². The van der Waals surface area contributed by atoms with Gasteiger partial charge in [0.05, 0.1) is 23.7 Å². The number of β-amino-alcohol motifs (C(OH)–C–C–N with tert-alkyl or cyclic N) is 1. The van der Waals surface area contributed by atoms with Gasteiger partial charge in [-0.1, -0.05) is 30.3 Å². The lowest BCUT2D eigenvalue weighted by Gasteiger charge is -2.40. The van der Waals surface area contributed by atoms with Crippen molar-refractivity contribution >= 4 is 15.7 Å². The molecule has 1 aromatic rings. The van der Waals surface area contributed by atoms with Crippen molar-refractivity contribution in [1.29, 1.82) is 0 Å². The van der Waals surface area contributed by atoms with Crippen molar-refractivity contribution in [3.63, 3.8) is 0 Å². The van der Waals surface area contributed by atoms with Crippen LogP contribution >= 0.6 is 0 Å². The van der Waals surface area contributed by atoms with Crippen molar-refractivity contribution in [2.24, 2.45) is 0 Å². The van der Waals surface area contributed by atoms with Gasteiger partial charge in [-0.25, -0.2) is 8.42 Å². The van der Waals surface area contributed by atoms with Crippen LogP contribution in [0, 0.1) is 0 Å². The number of carbonyl (C=O) groups excluding carboxylic acids is 1. The van der Waals surface area contributed by atoms with Crippen LogP contribution in [0.15, 0.2) is 30.3 Å². The fraction of sp³-hybridized carbons (Fsp3) is 0.667. The second kappa shape index (κ2) is 8.71. The molecule has 3 heterocycles. The van der Waals surface area contributed by atoms with E-state index in [2.05, 4.69) is 34.1 Å². The zero-order valence-corrected chi connectivity index (χ0v) is 17.6. The number of aliphatic hydroxyl groups excluding tert-OH is 1. The van der Waals surface area contributed by atoms with Crippen LogP contribution in [0.2, 0.25) is 0 Å². The average molecular weight is 422 g/mol. The lowest BCUT2D eigenvalue weighted by molar-refractivity contribution is -0.136. The van der Waals surface area contributed by atoms with Crippen molar-refractivity contribution in [3.05, 3.63) is 35.9 Å². The minimum absolute atomic E-state index is 0.0110. The molecule has 0 saturated carbocycles. The van der Waals surface area contributed by atoms with Crippen molar-refractivity contribution in [2.45, 2.75) is 44.0 Å². The summed E-state index contributed by atoms with van der Waals surface area (Å²) >= 11 is 0. The SMILES string of the molecule is O=C([C@@H]1C[C@@H](O)CN1C1CCN(Cc2ccccc2)CC1)N1CCS(=O)(=O)CC1. The first kappa shape index (κ1) is 20.8. The highest BCUT2D eigenvalue weighted by molar-refractivity contribution is 7.91. The number of hydrogen-bond donors (Lipinski definition) is 1. The molecule has 29 heavy (non-hydrogen) atoms. The van der Waals surface area contributed by atoms with Gasteiger partial charge in [-0.2, -0.15) is 0 Å². The van der Waals surface area contributed by atoms with Crippen molar-refractivity contribution in [3.8, 4) is 0 Å². The van der Waals surface area contributed by atoms with E-state index in [1.165, 1.54) is 5.56 Å². The molecule has 0 aromatic heterocycles. The highest BCUT2D eigenvalue weighted by Crippen LogP contribution is 2.28. The Hall–Kier alpha value is -1.48. The molecule has 0 bridgehead atoms. The van der Waals surface area contributed by atoms with Crippen molar-refractivity contribution in [1.82, 2.24) is 14.7 Å². The number of likely N-dealkylation sites (tertiary alicyclic amines) is 2. The Kier molecular flexibility index (Phi) is 6.24. The smallest absolute Gasteiger partial charge is 0.240 e. The first-order valence-electron chi connectivity index (χ1n) is 10.6. The minimum atomic E-state index is -3.01. The maximum Gasteiger partial charge on any atom is 0.240 e. The largest absolute Gasteiger partial charge is 0.392 e. The lowest BCUT2D eigenvalue weighted by atomic mass is 10.0. The summed E-state index contributed by atoms with van der Waals surface area (Å²) in [5, 5.41) is 10.3. The van der Waals surface area contributed by atoms with Gasteiger partial charge in [-0.3, -0.25) is 14.6 Å². The van der Waals surface area contributed by atoms with E-state index in [9.17, 15) is 18.3 Å². The van der Waals surface area contributed by atoms with Gasteiger partial charge >= 0.3 is 0 Å². The van der Waals surface area contributed by atoms with Gasteiger partial charge in [0.25, 0.3) is 0 Å². The van der Waals surface area contributed by atoms with Crippen LogP contribution in [-0.2, 0) is 21.2 Å². The average Bonchev–Trinajstić information content (AvgIpc) is 3.10. The first-order chi connectivity index (χ1) is 13.9. The van der Waals surface area contributed by atoms with Gasteiger partial charge in [0.1, 0.15) is 0 Å². The van der Waals surface area contributed by atoms with E-state index in [0.717, 1.165) is 32.5 Å². The van der Waals surface area contributed by atoms with E-state index in [-0.39, 0.29) is 36.5 Å². The summed E-state index contributed by atoms with van der Waals surface area (Å²) in [6.07, 6.45) is 1.93. The van der Waals surface area contributed by atoms with E-state index in [0.29, 0.717) is 19.0 Å². The molecule has 0 unspecified atom stereocenters. The topological polar surface area (TPSA) is 81.2 Å². The standard InChI is InChI=1S/C21H31N3O4S/c25-19-14-20(21(26)23-10-12-29(27,28)13-11-23)24(16-19)18-6-8-22(9-7-18)15-17-4-2-1-3-5-17/h1-5,18-20,25H,6-16H2/t19-,20+/m1/s1. The Balaban J connectivity index is 1.34. The van der Waals surface area contributed by atoms with Crippen LogP contribution in [-0.4, -0.2) is 96.5 Å². The Morgan fingerprint density at radius 1 is 1.03 bits per heavy atom. The number of hydrogen-bond acceptors (Lipinski definition) is 6. The summed E-state index contributed by atoms with van der Waals surface area (Å²) in [5.41, 5.74) is 1.32. The normalized spacial score (nSPS) is 29.2. The van der Waals surface area contributed by atoms with E-state index >= 15 is 0 Å². The van der Waals surface area contributed by atoms with E-state index in [1.54, 1.807) is 4.90 Å². The van der Waals surface area contributed by atoms with E-state index in [4.69, 9.17) is 0 Å². The molecule has 1 amide bonds. The highest BCUT2D eigenvalue weighted by Gasteiger charge is 2.42. The number of rotatable bonds is 4. The molecule has 2 atom stereocenters. The van der Waals surface area contributed by atoms with Crippen LogP contribution in [0.1, 0.15) is 24.8 Å². The van der Waals surface area contributed by atoms with Gasteiger partial charge < -0.3 is 10.0 Å². The molecular weight excluding hydrogens is 390 g/mol. The monoisotopic (exact) mass is 421 g/mol. The number of nitrogens with zero attached hydrogens (tertiary/aromatic N) is 3. The van der Waals surface area contributed by atoms with Gasteiger partial charge in [-0.05, 0) is 37.9 Å². The molecule has 160 valence electrons. The minimum Gasteiger partial charge on any atom is -0.392 e. The molecule has 3 aliphatic rings. The van der Waals surface area contributed by atoms with E-state index < -0.39 is 15.9 Å². The lowest BCUT2D eigenvalue weighted by Crippen LogP contribution is -2.54. The number of benzene rings is 1. The van der Waals surface area contributed by atoms with Gasteiger partial charge in [0.2, 0.25) is 5.91 Å². The second-order valence-corrected chi connectivity index (χ2v) is 10.9. The zero-order chi connectivity index (χ0) is 20.4. The predicted molar refractivity (Wildman–Crippen MR) is 111 cm³/mol. The molecule has 0 radical (unpaired) electrons. The van der Waals surface area contributed by atoms with Crippen LogP contribution in [0.25, 0.3) is 0 Å². The van der Waals surface area contributed by atoms with Crippen molar-refractivity contribution in [2.75, 3.05) is 44.2 Å². The summed E-state index contributed by atoms with van der Waals surface area (Å²) in [7, 11) is -3.01. The Morgan fingerprint density at radius 3 is 2.34 bits per heavy atom. The number of carbonyl (C=O) groups is 1. The molecular formula is C21H31N3O4S. The zero-order valence-electron chi connectivity index (χ0n) is 16.8. The third-order valence-electron chi connectivity index (χ3n) is 6.53. The molecule has 0 spiro atoms. The fourth-order valence-electron chi connectivity index (χ4n) is 4.88. The summed E-state index contributed by atoms with van der Waals surface area (Å²) < 4.78 is 23.3. The van der Waals surface area contributed by atoms with Gasteiger partial charge in [0.15, 0.2) is 9.84 Å². The summed E-state index contributed by atoms with van der Waals surface area (Å²) in [4.78, 5) is 19.4. The van der Waals surface area contributed by atoms with Crippen LogP contribution in [0.4, 0.5) is 0 Å². The van der Waals surface area contributed by atoms with Crippen LogP contribution < -0.4 is 0 Å². The molecule has 8 heteroatoms. The molecule has 3 saturated heterocycles. The number of sulfone groups is 1. The Morgan fingerprint density at radius 2 is 1.69 bits per heavy atom. The molecule has 7 nitrogen and oxygen atoms in total. The third kappa shape index (κ3) is 4.99. The quantitative estimate of drug-likeness (QED) is 0.755. The summed E-state index contributed by atoms with van der Waals surface area (Å²) in [6, 6.07) is 10.4. The predicted octanol–water partition coefficient (Wildman–Crippen LogP) is 0.343. The molecule has 3 fully saturated rings. The highest BCUT2D eigenvalue weighted by atomic mass is 32.2. The molecule has 4 rings (SSSR count). The van der Waals surface area contributed by atoms with Crippen LogP contribution in [0.5, 0.6) is 0 Å². The maximum absolute atomic E-state index is 13.1. The number of aliphatic hydroxyl groups is 1. The van der Waals surface area contributed by atoms with Gasteiger partial charge in [0, 0.05) is 32.2 Å². The summed E-state index contributed by atoms with van der Waals surface area (Å²) in [6.45, 7) is 3.99. The summed E-state index contributed by atoms with van der Waals surface area (Å²) in [5.74, 6) is 0.0841. The van der Waals surface area contributed by atoms with E-state index in [1.807, 2.05) is 6.07 Å². The number of piperidine rings is 1. The number of amides is 1. The third-order valence-corrected chi connectivity index (χ3v) is 8.14. The van der Waals surface area contributed by atoms with Gasteiger partial charge in [-0.15, -0.1) is 0 Å². The maximum atomic E-state index is 13.1. The van der Waals surface area contributed by atoms with Crippen LogP contribution in [0.3, 0.4) is 0 Å². The second-order valence-electron chi connectivity index (χ2n) is 8.57.